The molecule has 3 aromatic rings. The van der Waals surface area contributed by atoms with E-state index in [1.165, 1.54) is 0 Å². The topological polar surface area (TPSA) is 67.4 Å². The van der Waals surface area contributed by atoms with Crippen LogP contribution in [0.3, 0.4) is 0 Å². The van der Waals surface area contributed by atoms with E-state index in [9.17, 15) is 9.59 Å². The number of benzene rings is 3. The number of rotatable bonds is 6. The lowest BCUT2D eigenvalue weighted by Crippen LogP contribution is -2.46. The van der Waals surface area contributed by atoms with Gasteiger partial charge in [0, 0.05) is 0 Å². The Hall–Kier alpha value is -3.60. The van der Waals surface area contributed by atoms with E-state index in [0.29, 0.717) is 5.75 Å². The molecule has 3 aromatic carbocycles. The maximum atomic E-state index is 12.8. The van der Waals surface area contributed by atoms with Gasteiger partial charge in [0.25, 0.3) is 5.91 Å². The normalized spacial score (nSPS) is 10.4. The van der Waals surface area contributed by atoms with Crippen molar-refractivity contribution in [2.75, 3.05) is 6.61 Å². The minimum atomic E-state index is -0.529. The van der Waals surface area contributed by atoms with Crippen LogP contribution >= 0.6 is 0 Å². The molecule has 5 nitrogen and oxygen atoms in total. The summed E-state index contributed by atoms with van der Waals surface area (Å²) < 4.78 is 5.50. The highest BCUT2D eigenvalue weighted by atomic mass is 16.5. The van der Waals surface area contributed by atoms with Gasteiger partial charge in [0.1, 0.15) is 5.75 Å². The molecule has 0 aliphatic heterocycles. The van der Waals surface area contributed by atoms with Gasteiger partial charge in [-0.3, -0.25) is 20.4 Å². The molecular formula is C24H24N2O3. The summed E-state index contributed by atoms with van der Waals surface area (Å²) in [7, 11) is 0. The van der Waals surface area contributed by atoms with E-state index in [4.69, 9.17) is 4.74 Å². The maximum Gasteiger partial charge on any atom is 0.276 e. The van der Waals surface area contributed by atoms with Gasteiger partial charge >= 0.3 is 0 Å². The predicted octanol–water partition coefficient (Wildman–Crippen LogP) is 3.66. The summed E-state index contributed by atoms with van der Waals surface area (Å²) in [5, 5.41) is 0. The second-order valence-electron chi connectivity index (χ2n) is 6.83. The molecule has 0 atom stereocenters. The number of nitrogens with one attached hydrogen (secondary N) is 2. The van der Waals surface area contributed by atoms with E-state index in [1.807, 2.05) is 92.7 Å². The van der Waals surface area contributed by atoms with Crippen LogP contribution in [0.1, 0.15) is 28.2 Å². The molecule has 0 bridgehead atoms. The fourth-order valence-electron chi connectivity index (χ4n) is 2.98. The van der Waals surface area contributed by atoms with Crippen LogP contribution < -0.4 is 15.6 Å². The molecule has 0 aliphatic rings. The Labute approximate surface area is 170 Å². The van der Waals surface area contributed by atoms with Crippen molar-refractivity contribution in [3.8, 4) is 5.75 Å². The molecule has 0 aromatic heterocycles. The summed E-state index contributed by atoms with van der Waals surface area (Å²) in [6.45, 7) is 3.80. The number of aryl methyl sites for hydroxylation is 2. The van der Waals surface area contributed by atoms with Crippen molar-refractivity contribution in [3.05, 3.63) is 101 Å². The van der Waals surface area contributed by atoms with E-state index in [2.05, 4.69) is 10.9 Å². The molecule has 148 valence electrons. The van der Waals surface area contributed by atoms with Crippen molar-refractivity contribution in [2.24, 2.45) is 0 Å². The third-order valence-electron chi connectivity index (χ3n) is 4.70. The molecular weight excluding hydrogens is 364 g/mol. The number of carbonyl (C=O) groups is 2. The van der Waals surface area contributed by atoms with Gasteiger partial charge in [-0.1, -0.05) is 66.7 Å². The molecule has 0 saturated heterocycles. The summed E-state index contributed by atoms with van der Waals surface area (Å²) in [5.41, 5.74) is 8.88. The zero-order chi connectivity index (χ0) is 20.6. The Kier molecular flexibility index (Phi) is 6.63. The first-order valence-corrected chi connectivity index (χ1v) is 9.43. The monoisotopic (exact) mass is 388 g/mol. The summed E-state index contributed by atoms with van der Waals surface area (Å²) >= 11 is 0. The molecule has 0 fully saturated rings. The van der Waals surface area contributed by atoms with E-state index >= 15 is 0 Å². The average molecular weight is 388 g/mol. The van der Waals surface area contributed by atoms with Crippen LogP contribution in [0.4, 0.5) is 0 Å². The van der Waals surface area contributed by atoms with Crippen LogP contribution in [0.5, 0.6) is 5.75 Å². The van der Waals surface area contributed by atoms with Gasteiger partial charge in [0.15, 0.2) is 6.61 Å². The van der Waals surface area contributed by atoms with E-state index in [0.717, 1.165) is 22.3 Å². The smallest absolute Gasteiger partial charge is 0.276 e. The summed E-state index contributed by atoms with van der Waals surface area (Å²) in [5.74, 6) is -0.669. The van der Waals surface area contributed by atoms with Crippen molar-refractivity contribution in [1.29, 1.82) is 0 Å². The first-order valence-electron chi connectivity index (χ1n) is 9.43. The third kappa shape index (κ3) is 5.45. The van der Waals surface area contributed by atoms with Crippen LogP contribution in [-0.4, -0.2) is 18.4 Å². The van der Waals surface area contributed by atoms with Crippen LogP contribution in [-0.2, 0) is 9.59 Å². The Morgan fingerprint density at radius 1 is 0.793 bits per heavy atom. The molecule has 29 heavy (non-hydrogen) atoms. The van der Waals surface area contributed by atoms with E-state index in [1.54, 1.807) is 0 Å². The number of amides is 2. The van der Waals surface area contributed by atoms with Gasteiger partial charge in [-0.15, -0.1) is 0 Å². The van der Waals surface area contributed by atoms with Gasteiger partial charge in [0.2, 0.25) is 5.91 Å². The fourth-order valence-corrected chi connectivity index (χ4v) is 2.98. The highest BCUT2D eigenvalue weighted by molar-refractivity contribution is 5.89. The highest BCUT2D eigenvalue weighted by Gasteiger charge is 2.22. The summed E-state index contributed by atoms with van der Waals surface area (Å²) in [4.78, 5) is 25.0. The molecule has 3 rings (SSSR count). The first kappa shape index (κ1) is 20.1. The number of carbonyl (C=O) groups excluding carboxylic acids is 2. The number of hydrazine groups is 1. The molecule has 0 heterocycles. The maximum absolute atomic E-state index is 12.8. The molecule has 0 unspecified atom stereocenters. The fraction of sp³-hybridized carbons (Fsp3) is 0.167. The molecule has 2 amide bonds. The predicted molar refractivity (Wildman–Crippen MR) is 112 cm³/mol. The van der Waals surface area contributed by atoms with Crippen LogP contribution in [0, 0.1) is 13.8 Å². The van der Waals surface area contributed by atoms with Crippen molar-refractivity contribution in [1.82, 2.24) is 10.9 Å². The second-order valence-corrected chi connectivity index (χ2v) is 6.83. The quantitative estimate of drug-likeness (QED) is 0.633. The Morgan fingerprint density at radius 3 is 1.93 bits per heavy atom. The van der Waals surface area contributed by atoms with E-state index < -0.39 is 11.8 Å². The summed E-state index contributed by atoms with van der Waals surface area (Å²) in [6.07, 6.45) is 0. The van der Waals surface area contributed by atoms with Crippen LogP contribution in [0.15, 0.2) is 78.9 Å². The number of hydrogen-bond donors (Lipinski definition) is 2. The minimum Gasteiger partial charge on any atom is -0.484 e. The minimum absolute atomic E-state index is 0.190. The zero-order valence-electron chi connectivity index (χ0n) is 16.5. The highest BCUT2D eigenvalue weighted by Crippen LogP contribution is 2.24. The van der Waals surface area contributed by atoms with Gasteiger partial charge < -0.3 is 4.74 Å². The van der Waals surface area contributed by atoms with Gasteiger partial charge in [0.05, 0.1) is 5.92 Å². The van der Waals surface area contributed by atoms with Crippen LogP contribution in [0.2, 0.25) is 0 Å². The number of hydrogen-bond acceptors (Lipinski definition) is 3. The molecule has 0 saturated carbocycles. The van der Waals surface area contributed by atoms with Crippen molar-refractivity contribution in [2.45, 2.75) is 19.8 Å². The Morgan fingerprint density at radius 2 is 1.38 bits per heavy atom. The lowest BCUT2D eigenvalue weighted by atomic mass is 9.91. The van der Waals surface area contributed by atoms with Crippen molar-refractivity contribution < 1.29 is 14.3 Å². The summed E-state index contributed by atoms with van der Waals surface area (Å²) in [6, 6.07) is 24.5. The van der Waals surface area contributed by atoms with Gasteiger partial charge in [-0.25, -0.2) is 0 Å². The van der Waals surface area contributed by atoms with E-state index in [-0.39, 0.29) is 12.5 Å². The molecule has 2 N–H and O–H groups in total. The van der Waals surface area contributed by atoms with Gasteiger partial charge in [-0.05, 0) is 48.2 Å². The standard InChI is InChI=1S/C24H24N2O3/c1-17-13-14-21(15-18(17)2)29-16-22(27)25-26-24(28)23(19-9-5-3-6-10-19)20-11-7-4-8-12-20/h3-15,23H,16H2,1-2H3,(H,25,27)(H,26,28). The number of ether oxygens (including phenoxy) is 1. The Bertz CT molecular complexity index is 932. The first-order chi connectivity index (χ1) is 14.0. The lowest BCUT2D eigenvalue weighted by Gasteiger charge is -2.18. The molecule has 0 spiro atoms. The van der Waals surface area contributed by atoms with Crippen molar-refractivity contribution >= 4 is 11.8 Å². The van der Waals surface area contributed by atoms with Crippen molar-refractivity contribution in [3.63, 3.8) is 0 Å². The average Bonchev–Trinajstić information content (AvgIpc) is 2.75. The second kappa shape index (κ2) is 9.55. The van der Waals surface area contributed by atoms with Gasteiger partial charge in [-0.2, -0.15) is 0 Å². The SMILES string of the molecule is Cc1ccc(OCC(=O)NNC(=O)C(c2ccccc2)c2ccccc2)cc1C. The zero-order valence-corrected chi connectivity index (χ0v) is 16.5. The molecule has 0 radical (unpaired) electrons. The molecule has 5 heteroatoms. The lowest BCUT2D eigenvalue weighted by molar-refractivity contribution is -0.130. The largest absolute Gasteiger partial charge is 0.484 e. The third-order valence-corrected chi connectivity index (χ3v) is 4.70. The molecule has 0 aliphatic carbocycles. The Balaban J connectivity index is 1.61. The van der Waals surface area contributed by atoms with Crippen LogP contribution in [0.25, 0.3) is 0 Å².